The number of sulfonamides is 1. The summed E-state index contributed by atoms with van der Waals surface area (Å²) in [5.41, 5.74) is 1.05. The monoisotopic (exact) mass is 774 g/mol. The van der Waals surface area contributed by atoms with Crippen LogP contribution in [0.3, 0.4) is 0 Å². The number of nitrogens with zero attached hydrogens (tertiary/aromatic N) is 3. The Morgan fingerprint density at radius 2 is 1.84 bits per heavy atom. The van der Waals surface area contributed by atoms with E-state index >= 15 is 0 Å². The molecule has 12 nitrogen and oxygen atoms in total. The largest absolute Gasteiger partial charge is 0.488 e. The molecule has 1 aromatic carbocycles. The van der Waals surface area contributed by atoms with Gasteiger partial charge >= 0.3 is 0 Å². The number of hydrogen-bond donors (Lipinski definition) is 1. The number of rotatable bonds is 15. The molecule has 3 aliphatic carbocycles. The van der Waals surface area contributed by atoms with E-state index in [9.17, 15) is 27.6 Å². The number of Topliss-reactive ketones (excluding diaryl/α,β-unsaturated/α-hetero) is 1. The molecule has 296 valence electrons. The van der Waals surface area contributed by atoms with Gasteiger partial charge in [0.15, 0.2) is 5.78 Å². The van der Waals surface area contributed by atoms with Crippen LogP contribution < -0.4 is 20.0 Å². The maximum absolute atomic E-state index is 14.5. The van der Waals surface area contributed by atoms with E-state index in [1.807, 2.05) is 75.4 Å². The first-order valence-electron chi connectivity index (χ1n) is 19.3. The minimum absolute atomic E-state index is 0.00692. The van der Waals surface area contributed by atoms with Gasteiger partial charge in [0, 0.05) is 49.8 Å². The molecular weight excluding hydrogens is 721 g/mol. The van der Waals surface area contributed by atoms with Crippen LogP contribution in [0, 0.1) is 17.3 Å². The number of benzene rings is 1. The summed E-state index contributed by atoms with van der Waals surface area (Å²) in [4.78, 5) is 61.5. The van der Waals surface area contributed by atoms with Gasteiger partial charge in [0.1, 0.15) is 17.9 Å². The van der Waals surface area contributed by atoms with Crippen LogP contribution >= 0.6 is 0 Å². The summed E-state index contributed by atoms with van der Waals surface area (Å²) in [6, 6.07) is 10.2. The smallest absolute Gasteiger partial charge is 0.246 e. The molecule has 2 aromatic rings. The molecule has 1 N–H and O–H groups in total. The van der Waals surface area contributed by atoms with Gasteiger partial charge in [-0.1, -0.05) is 69.3 Å². The van der Waals surface area contributed by atoms with Crippen LogP contribution in [0.5, 0.6) is 5.75 Å². The van der Waals surface area contributed by atoms with Gasteiger partial charge in [0.2, 0.25) is 27.7 Å². The van der Waals surface area contributed by atoms with Gasteiger partial charge in [-0.05, 0) is 62.9 Å². The molecule has 0 bridgehead atoms. The van der Waals surface area contributed by atoms with Gasteiger partial charge in [0.05, 0.1) is 35.0 Å². The zero-order chi connectivity index (χ0) is 39.7. The standard InChI is InChI=1S/C42H54N4O8S/c1-26(47)36-23-30(54-37-24-34(27-13-9-7-10-14-27)43-35-22-29(53-6)17-20-32(35)37)25-46(36)41(50)39(42(2,3)4)45(5)38(48)16-12-8-11-15-28-21-33(28)40(49)44-55(51,52)31-18-19-31/h7,9-11,13-15,20,22,24,28-31,33,36,39H,8,12,16-19,21,23,25H2,1-6H3,(H,44,49). The highest BCUT2D eigenvalue weighted by molar-refractivity contribution is 7.90. The highest BCUT2D eigenvalue weighted by atomic mass is 32.2. The van der Waals surface area contributed by atoms with E-state index in [1.54, 1.807) is 19.1 Å². The second kappa shape index (κ2) is 16.4. The number of carbonyl (C=O) groups is 4. The van der Waals surface area contributed by atoms with E-state index in [-0.39, 0.29) is 48.5 Å². The van der Waals surface area contributed by atoms with Crippen LogP contribution in [-0.2, 0) is 33.9 Å². The molecule has 3 fully saturated rings. The lowest BCUT2D eigenvalue weighted by atomic mass is 9.84. The average molecular weight is 775 g/mol. The number of nitrogens with one attached hydrogen (secondary N) is 1. The van der Waals surface area contributed by atoms with Crippen LogP contribution in [0.15, 0.2) is 48.6 Å². The van der Waals surface area contributed by atoms with Gasteiger partial charge in [-0.2, -0.15) is 0 Å². The maximum atomic E-state index is 14.5. The fourth-order valence-electron chi connectivity index (χ4n) is 7.71. The number of methoxy groups -OCH3 is 1. The van der Waals surface area contributed by atoms with Crippen LogP contribution in [0.1, 0.15) is 79.1 Å². The first kappa shape index (κ1) is 40.3. The zero-order valence-corrected chi connectivity index (χ0v) is 33.5. The number of fused-ring (bicyclic) bond motifs is 1. The second-order valence-corrected chi connectivity index (χ2v) is 18.4. The van der Waals surface area contributed by atoms with Crippen molar-refractivity contribution in [1.29, 1.82) is 0 Å². The van der Waals surface area contributed by atoms with Crippen molar-refractivity contribution in [3.63, 3.8) is 0 Å². The highest BCUT2D eigenvalue weighted by Crippen LogP contribution is 2.40. The Hall–Kier alpha value is -4.36. The molecular formula is C42H54N4O8S. The number of likely N-dealkylation sites (N-methyl/N-ethyl adjacent to an activating group) is 1. The number of ketones is 1. The van der Waals surface area contributed by atoms with Crippen LogP contribution in [-0.4, -0.2) is 97.0 Å². The Morgan fingerprint density at radius 3 is 2.49 bits per heavy atom. The van der Waals surface area contributed by atoms with Gasteiger partial charge < -0.3 is 19.3 Å². The van der Waals surface area contributed by atoms with E-state index in [0.29, 0.717) is 50.7 Å². The summed E-state index contributed by atoms with van der Waals surface area (Å²) in [5.74, 6) is -0.768. The fraction of sp³-hybridized carbons (Fsp3) is 0.548. The lowest BCUT2D eigenvalue weighted by molar-refractivity contribution is -0.151. The van der Waals surface area contributed by atoms with Gasteiger partial charge in [-0.3, -0.25) is 23.9 Å². The van der Waals surface area contributed by atoms with Crippen LogP contribution in [0.4, 0.5) is 0 Å². The predicted molar refractivity (Wildman–Crippen MR) is 209 cm³/mol. The highest BCUT2D eigenvalue weighted by Gasteiger charge is 2.47. The van der Waals surface area contributed by atoms with Gasteiger partial charge in [-0.25, -0.2) is 13.4 Å². The zero-order valence-electron chi connectivity index (χ0n) is 32.7. The molecule has 1 aromatic heterocycles. The van der Waals surface area contributed by atoms with Gasteiger partial charge in [0.25, 0.3) is 0 Å². The Kier molecular flexibility index (Phi) is 12.0. The summed E-state index contributed by atoms with van der Waals surface area (Å²) >= 11 is 0. The van der Waals surface area contributed by atoms with E-state index in [2.05, 4.69) is 10.8 Å². The average Bonchev–Trinajstić information content (AvgIpc) is 4.08. The number of likely N-dealkylation sites (tertiary alicyclic amines) is 1. The Labute approximate surface area is 324 Å². The van der Waals surface area contributed by atoms with Crippen molar-refractivity contribution in [1.82, 2.24) is 19.5 Å². The minimum atomic E-state index is -3.55. The number of allylic oxidation sites excluding steroid dienone is 2. The molecule has 1 saturated heterocycles. The topological polar surface area (TPSA) is 152 Å². The molecule has 13 heteroatoms. The molecule has 2 heterocycles. The quantitative estimate of drug-likeness (QED) is 0.212. The molecule has 6 unspecified atom stereocenters. The molecule has 0 spiro atoms. The summed E-state index contributed by atoms with van der Waals surface area (Å²) < 4.78 is 38.7. The van der Waals surface area contributed by atoms with E-state index in [1.165, 1.54) is 11.8 Å². The summed E-state index contributed by atoms with van der Waals surface area (Å²) in [5, 5.41) is 1.17. The number of hydrogen-bond acceptors (Lipinski definition) is 9. The van der Waals surface area contributed by atoms with Crippen molar-refractivity contribution < 1.29 is 37.1 Å². The number of amides is 3. The number of ether oxygens (including phenoxy) is 2. The first-order chi connectivity index (χ1) is 26.1. The van der Waals surface area contributed by atoms with Crippen molar-refractivity contribution in [2.24, 2.45) is 17.3 Å². The predicted octanol–water partition coefficient (Wildman–Crippen LogP) is 3.51. The third kappa shape index (κ3) is 9.55. The summed E-state index contributed by atoms with van der Waals surface area (Å²) in [6.45, 7) is 7.43. The summed E-state index contributed by atoms with van der Waals surface area (Å²) in [7, 11) is -0.236. The third-order valence-electron chi connectivity index (χ3n) is 11.0. The van der Waals surface area contributed by atoms with E-state index in [4.69, 9.17) is 14.5 Å². The normalized spacial score (nSPS) is 24.0. The molecule has 4 aliphatic rings. The molecule has 2 saturated carbocycles. The molecule has 55 heavy (non-hydrogen) atoms. The van der Waals surface area contributed by atoms with Crippen molar-refractivity contribution >= 4 is 45.7 Å². The molecule has 1 aliphatic heterocycles. The number of unbranched alkanes of at least 4 members (excludes halogenated alkanes) is 1. The molecule has 3 amide bonds. The lowest BCUT2D eigenvalue weighted by Gasteiger charge is -2.40. The Morgan fingerprint density at radius 1 is 1.11 bits per heavy atom. The Balaban J connectivity index is 1.10. The van der Waals surface area contributed by atoms with Crippen molar-refractivity contribution in [3.05, 3.63) is 59.1 Å². The van der Waals surface area contributed by atoms with E-state index in [0.717, 1.165) is 21.8 Å². The number of carbonyl (C=O) groups excluding carboxylic acids is 4. The first-order valence-corrected chi connectivity index (χ1v) is 20.9. The second-order valence-electron chi connectivity index (χ2n) is 16.5. The SMILES string of the molecule is COC1C=c2nc(-c3ccccc3)cc(OC3CC(C(C)=O)N(C(=O)C(N(C)C(=O)CCCC=CC4CC4C(=O)NS(=O)(=O)C4CC4)C(C)(C)C)C3)c2=CC1. The third-order valence-corrected chi connectivity index (χ3v) is 12.8. The van der Waals surface area contributed by atoms with Gasteiger partial charge in [-0.15, -0.1) is 0 Å². The van der Waals surface area contributed by atoms with E-state index < -0.39 is 44.8 Å². The maximum Gasteiger partial charge on any atom is 0.246 e. The van der Waals surface area contributed by atoms with Crippen molar-refractivity contribution in [3.8, 4) is 17.0 Å². The van der Waals surface area contributed by atoms with Crippen molar-refractivity contribution in [2.45, 2.75) is 109 Å². The van der Waals surface area contributed by atoms with Crippen molar-refractivity contribution in [2.75, 3.05) is 20.7 Å². The number of aromatic nitrogens is 1. The summed E-state index contributed by atoms with van der Waals surface area (Å²) in [6.07, 6.45) is 11.5. The van der Waals surface area contributed by atoms with Crippen LogP contribution in [0.2, 0.25) is 0 Å². The molecule has 6 atom stereocenters. The fourth-order valence-corrected chi connectivity index (χ4v) is 9.07. The molecule has 6 rings (SSSR count). The minimum Gasteiger partial charge on any atom is -0.488 e. The number of pyridine rings is 1. The Bertz CT molecular complexity index is 2060. The molecule has 0 radical (unpaired) electrons. The lowest BCUT2D eigenvalue weighted by Crippen LogP contribution is -2.57. The van der Waals surface area contributed by atoms with Crippen LogP contribution in [0.25, 0.3) is 23.4 Å².